The van der Waals surface area contributed by atoms with Crippen molar-refractivity contribution in [3.8, 4) is 5.75 Å². The molecule has 0 bridgehead atoms. The molecule has 0 aromatic heterocycles. The van der Waals surface area contributed by atoms with Crippen molar-refractivity contribution in [3.05, 3.63) is 29.3 Å². The second-order valence-corrected chi connectivity index (χ2v) is 5.11. The number of aryl methyl sites for hydroxylation is 1. The van der Waals surface area contributed by atoms with Crippen LogP contribution in [-0.2, 0) is 16.1 Å². The second-order valence-electron chi connectivity index (χ2n) is 5.11. The Kier molecular flexibility index (Phi) is 4.27. The molecule has 1 aliphatic rings. The molecule has 108 valence electrons. The quantitative estimate of drug-likeness (QED) is 0.903. The average molecular weight is 276 g/mol. The summed E-state index contributed by atoms with van der Waals surface area (Å²) < 4.78 is 5.34. The average Bonchev–Trinajstić information content (AvgIpc) is 2.53. The van der Waals surface area contributed by atoms with Crippen LogP contribution in [0.2, 0.25) is 0 Å². The van der Waals surface area contributed by atoms with Gasteiger partial charge in [0.05, 0.1) is 7.11 Å². The highest BCUT2D eigenvalue weighted by atomic mass is 16.5. The summed E-state index contributed by atoms with van der Waals surface area (Å²) in [4.78, 5) is 25.5. The molecule has 2 rings (SSSR count). The first-order valence-corrected chi connectivity index (χ1v) is 6.73. The molecule has 0 aliphatic carbocycles. The number of carbonyl (C=O) groups is 2. The summed E-state index contributed by atoms with van der Waals surface area (Å²) in [7, 11) is 1.62. The van der Waals surface area contributed by atoms with E-state index in [9.17, 15) is 9.59 Å². The van der Waals surface area contributed by atoms with Crippen molar-refractivity contribution < 1.29 is 14.3 Å². The molecule has 5 nitrogen and oxygen atoms in total. The van der Waals surface area contributed by atoms with Gasteiger partial charge in [-0.05, 0) is 19.9 Å². The first-order valence-electron chi connectivity index (χ1n) is 6.73. The largest absolute Gasteiger partial charge is 0.496 e. The summed E-state index contributed by atoms with van der Waals surface area (Å²) in [5.74, 6) is 0.628. The summed E-state index contributed by atoms with van der Waals surface area (Å²) in [6, 6.07) is 5.41. The minimum atomic E-state index is -0.471. The topological polar surface area (TPSA) is 58.6 Å². The molecule has 1 fully saturated rings. The van der Waals surface area contributed by atoms with E-state index in [1.165, 1.54) is 0 Å². The van der Waals surface area contributed by atoms with Crippen molar-refractivity contribution in [2.75, 3.05) is 13.7 Å². The fourth-order valence-electron chi connectivity index (χ4n) is 2.39. The fraction of sp³-hybridized carbons (Fsp3) is 0.467. The number of amides is 2. The molecule has 1 atom stereocenters. The molecule has 20 heavy (non-hydrogen) atoms. The number of rotatable bonds is 3. The molecule has 1 aromatic carbocycles. The molecule has 1 aliphatic heterocycles. The van der Waals surface area contributed by atoms with E-state index in [4.69, 9.17) is 4.74 Å². The van der Waals surface area contributed by atoms with Crippen LogP contribution in [0.4, 0.5) is 0 Å². The van der Waals surface area contributed by atoms with Crippen LogP contribution in [0.3, 0.4) is 0 Å². The number of hydrogen-bond donors (Lipinski definition) is 1. The van der Waals surface area contributed by atoms with Crippen molar-refractivity contribution in [2.24, 2.45) is 0 Å². The lowest BCUT2D eigenvalue weighted by Gasteiger charge is -2.23. The summed E-state index contributed by atoms with van der Waals surface area (Å²) >= 11 is 0. The Morgan fingerprint density at radius 3 is 2.85 bits per heavy atom. The molecular weight excluding hydrogens is 256 g/mol. The van der Waals surface area contributed by atoms with E-state index in [1.807, 2.05) is 25.1 Å². The zero-order valence-electron chi connectivity index (χ0n) is 12.1. The molecule has 1 N–H and O–H groups in total. The molecule has 5 heteroatoms. The van der Waals surface area contributed by atoms with E-state index in [1.54, 1.807) is 18.9 Å². The molecule has 1 aromatic rings. The van der Waals surface area contributed by atoms with Gasteiger partial charge in [0.2, 0.25) is 11.8 Å². The lowest BCUT2D eigenvalue weighted by Crippen LogP contribution is -2.42. The maximum atomic E-state index is 12.3. The highest BCUT2D eigenvalue weighted by molar-refractivity contribution is 5.89. The maximum Gasteiger partial charge on any atom is 0.245 e. The molecule has 1 heterocycles. The third-order valence-corrected chi connectivity index (χ3v) is 3.47. The van der Waals surface area contributed by atoms with Crippen LogP contribution < -0.4 is 10.1 Å². The minimum Gasteiger partial charge on any atom is -0.496 e. The molecule has 0 radical (unpaired) electrons. The van der Waals surface area contributed by atoms with Gasteiger partial charge in [-0.2, -0.15) is 0 Å². The molecular formula is C15H20N2O3. The van der Waals surface area contributed by atoms with Gasteiger partial charge in [-0.15, -0.1) is 0 Å². The number of benzene rings is 1. The zero-order valence-corrected chi connectivity index (χ0v) is 12.1. The Morgan fingerprint density at radius 1 is 1.40 bits per heavy atom. The Morgan fingerprint density at radius 2 is 2.15 bits per heavy atom. The Hall–Kier alpha value is -2.04. The van der Waals surface area contributed by atoms with E-state index in [2.05, 4.69) is 5.32 Å². The standard InChI is InChI=1S/C15H20N2O3/c1-10-4-5-13(20-3)12(8-10)9-17-7-6-14(18)16-11(2)15(17)19/h4-5,8,11H,6-7,9H2,1-3H3,(H,16,18). The first kappa shape index (κ1) is 14.4. The monoisotopic (exact) mass is 276 g/mol. The highest BCUT2D eigenvalue weighted by Crippen LogP contribution is 2.22. The summed E-state index contributed by atoms with van der Waals surface area (Å²) in [5.41, 5.74) is 2.08. The van der Waals surface area contributed by atoms with Crippen LogP contribution in [0.15, 0.2) is 18.2 Å². The van der Waals surface area contributed by atoms with Crippen molar-refractivity contribution >= 4 is 11.8 Å². The van der Waals surface area contributed by atoms with Gasteiger partial charge in [-0.3, -0.25) is 9.59 Å². The number of nitrogens with zero attached hydrogens (tertiary/aromatic N) is 1. The van der Waals surface area contributed by atoms with Gasteiger partial charge in [-0.25, -0.2) is 0 Å². The highest BCUT2D eigenvalue weighted by Gasteiger charge is 2.27. The van der Waals surface area contributed by atoms with E-state index < -0.39 is 6.04 Å². The number of carbonyl (C=O) groups excluding carboxylic acids is 2. The Balaban J connectivity index is 2.22. The minimum absolute atomic E-state index is 0.0561. The predicted molar refractivity (Wildman–Crippen MR) is 75.4 cm³/mol. The Bertz CT molecular complexity index is 528. The van der Waals surface area contributed by atoms with Crippen LogP contribution in [0.5, 0.6) is 5.75 Å². The van der Waals surface area contributed by atoms with E-state index in [0.29, 0.717) is 19.5 Å². The van der Waals surface area contributed by atoms with Crippen molar-refractivity contribution in [3.63, 3.8) is 0 Å². The molecule has 2 amide bonds. The SMILES string of the molecule is COc1ccc(C)cc1CN1CCC(=O)NC(C)C1=O. The fourth-order valence-corrected chi connectivity index (χ4v) is 2.39. The Labute approximate surface area is 118 Å². The van der Waals surface area contributed by atoms with Gasteiger partial charge in [0.1, 0.15) is 11.8 Å². The molecule has 0 saturated carbocycles. The lowest BCUT2D eigenvalue weighted by molar-refractivity contribution is -0.133. The van der Waals surface area contributed by atoms with Crippen molar-refractivity contribution in [1.82, 2.24) is 10.2 Å². The zero-order chi connectivity index (χ0) is 14.7. The smallest absolute Gasteiger partial charge is 0.245 e. The summed E-state index contributed by atoms with van der Waals surface area (Å²) in [6.07, 6.45) is 0.338. The van der Waals surface area contributed by atoms with E-state index in [0.717, 1.165) is 16.9 Å². The van der Waals surface area contributed by atoms with Crippen LogP contribution in [0, 0.1) is 6.92 Å². The number of hydrogen-bond acceptors (Lipinski definition) is 3. The number of ether oxygens (including phenoxy) is 1. The molecule has 0 spiro atoms. The number of nitrogens with one attached hydrogen (secondary N) is 1. The van der Waals surface area contributed by atoms with Crippen molar-refractivity contribution in [2.45, 2.75) is 32.9 Å². The maximum absolute atomic E-state index is 12.3. The van der Waals surface area contributed by atoms with E-state index >= 15 is 0 Å². The van der Waals surface area contributed by atoms with Gasteiger partial charge >= 0.3 is 0 Å². The van der Waals surface area contributed by atoms with Crippen LogP contribution in [-0.4, -0.2) is 36.4 Å². The van der Waals surface area contributed by atoms with Gasteiger partial charge in [0.15, 0.2) is 0 Å². The van der Waals surface area contributed by atoms with Crippen LogP contribution in [0.25, 0.3) is 0 Å². The van der Waals surface area contributed by atoms with Gasteiger partial charge < -0.3 is 15.0 Å². The first-order chi connectivity index (χ1) is 9.51. The summed E-state index contributed by atoms with van der Waals surface area (Å²) in [6.45, 7) is 4.61. The van der Waals surface area contributed by atoms with Gasteiger partial charge in [-0.1, -0.05) is 17.7 Å². The lowest BCUT2D eigenvalue weighted by atomic mass is 10.1. The normalized spacial score (nSPS) is 19.6. The van der Waals surface area contributed by atoms with Gasteiger partial charge in [0, 0.05) is 25.1 Å². The van der Waals surface area contributed by atoms with Gasteiger partial charge in [0.25, 0.3) is 0 Å². The third-order valence-electron chi connectivity index (χ3n) is 3.47. The van der Waals surface area contributed by atoms with Crippen LogP contribution in [0.1, 0.15) is 24.5 Å². The van der Waals surface area contributed by atoms with Crippen LogP contribution >= 0.6 is 0 Å². The number of methoxy groups -OCH3 is 1. The second kappa shape index (κ2) is 5.94. The third kappa shape index (κ3) is 3.10. The van der Waals surface area contributed by atoms with E-state index in [-0.39, 0.29) is 11.8 Å². The predicted octanol–water partition coefficient (Wildman–Crippen LogP) is 1.24. The van der Waals surface area contributed by atoms with Crippen molar-refractivity contribution in [1.29, 1.82) is 0 Å². The summed E-state index contributed by atoms with van der Waals surface area (Å²) in [5, 5.41) is 2.69. The molecule has 1 saturated heterocycles. The molecule has 1 unspecified atom stereocenters.